The third kappa shape index (κ3) is 3.17. The summed E-state index contributed by atoms with van der Waals surface area (Å²) in [6.45, 7) is 1.20. The van der Waals surface area contributed by atoms with Crippen molar-refractivity contribution >= 4 is 11.8 Å². The van der Waals surface area contributed by atoms with Gasteiger partial charge in [-0.1, -0.05) is 0 Å². The van der Waals surface area contributed by atoms with Gasteiger partial charge in [0.2, 0.25) is 11.8 Å². The molecule has 0 spiro atoms. The molecule has 0 radical (unpaired) electrons. The molecule has 1 aliphatic heterocycles. The topological polar surface area (TPSA) is 67.9 Å². The van der Waals surface area contributed by atoms with Gasteiger partial charge in [-0.15, -0.1) is 0 Å². The Balaban J connectivity index is 1.94. The quantitative estimate of drug-likeness (QED) is 0.696. The van der Waals surface area contributed by atoms with Gasteiger partial charge >= 0.3 is 0 Å². The molecule has 2 fully saturated rings. The second kappa shape index (κ2) is 5.46. The Bertz CT molecular complexity index is 304. The van der Waals surface area contributed by atoms with E-state index in [1.165, 1.54) is 7.11 Å². The van der Waals surface area contributed by atoms with Crippen molar-refractivity contribution < 1.29 is 19.1 Å². The van der Waals surface area contributed by atoms with Gasteiger partial charge in [0.05, 0.1) is 13.2 Å². The molecule has 2 amide bonds. The maximum Gasteiger partial charge on any atom is 0.249 e. The fourth-order valence-corrected chi connectivity index (χ4v) is 1.85. The second-order valence-corrected chi connectivity index (χ2v) is 4.39. The lowest BCUT2D eigenvalue weighted by Gasteiger charge is -2.34. The van der Waals surface area contributed by atoms with Crippen molar-refractivity contribution in [2.24, 2.45) is 0 Å². The summed E-state index contributed by atoms with van der Waals surface area (Å²) < 4.78 is 10.1. The molecule has 1 saturated heterocycles. The summed E-state index contributed by atoms with van der Waals surface area (Å²) in [5.41, 5.74) is 0. The lowest BCUT2D eigenvalue weighted by Crippen LogP contribution is -2.56. The highest BCUT2D eigenvalue weighted by Gasteiger charge is 2.35. The van der Waals surface area contributed by atoms with E-state index in [1.54, 1.807) is 4.90 Å². The van der Waals surface area contributed by atoms with Gasteiger partial charge in [-0.2, -0.15) is 0 Å². The van der Waals surface area contributed by atoms with E-state index in [0.717, 1.165) is 12.8 Å². The molecule has 0 bridgehead atoms. The van der Waals surface area contributed by atoms with Crippen LogP contribution in [0.4, 0.5) is 0 Å². The van der Waals surface area contributed by atoms with E-state index < -0.39 is 6.04 Å². The zero-order valence-electron chi connectivity index (χ0n) is 9.98. The van der Waals surface area contributed by atoms with Crippen LogP contribution in [0, 0.1) is 0 Å². The first kappa shape index (κ1) is 12.3. The van der Waals surface area contributed by atoms with Crippen molar-refractivity contribution in [3.8, 4) is 0 Å². The number of ether oxygens (including phenoxy) is 2. The molecule has 1 atom stereocenters. The summed E-state index contributed by atoms with van der Waals surface area (Å²) in [7, 11) is 1.47. The molecule has 6 heteroatoms. The minimum absolute atomic E-state index is 0.00715. The number of nitrogens with one attached hydrogen (secondary N) is 1. The zero-order chi connectivity index (χ0) is 12.3. The minimum Gasteiger partial charge on any atom is -0.377 e. The van der Waals surface area contributed by atoms with Crippen molar-refractivity contribution in [3.05, 3.63) is 0 Å². The highest BCUT2D eigenvalue weighted by molar-refractivity contribution is 5.88. The van der Waals surface area contributed by atoms with E-state index in [-0.39, 0.29) is 25.0 Å². The molecule has 1 saturated carbocycles. The lowest BCUT2D eigenvalue weighted by atomic mass is 10.2. The highest BCUT2D eigenvalue weighted by atomic mass is 16.5. The number of amides is 2. The van der Waals surface area contributed by atoms with E-state index in [1.807, 2.05) is 0 Å². The van der Waals surface area contributed by atoms with Crippen LogP contribution >= 0.6 is 0 Å². The molecule has 0 aromatic carbocycles. The summed E-state index contributed by atoms with van der Waals surface area (Å²) >= 11 is 0. The van der Waals surface area contributed by atoms with Crippen molar-refractivity contribution in [2.45, 2.75) is 24.9 Å². The first-order valence-electron chi connectivity index (χ1n) is 5.89. The molecule has 0 aromatic heterocycles. The number of methoxy groups -OCH3 is 1. The summed E-state index contributed by atoms with van der Waals surface area (Å²) in [5.74, 6) is -0.275. The molecule has 6 nitrogen and oxygen atoms in total. The third-order valence-electron chi connectivity index (χ3n) is 2.94. The average molecular weight is 242 g/mol. The van der Waals surface area contributed by atoms with Gasteiger partial charge < -0.3 is 19.7 Å². The maximum absolute atomic E-state index is 11.9. The van der Waals surface area contributed by atoms with Crippen LogP contribution in [0.2, 0.25) is 0 Å². The number of hydrogen-bond donors (Lipinski definition) is 1. The summed E-state index contributed by atoms with van der Waals surface area (Å²) in [6.07, 6.45) is 2.07. The lowest BCUT2D eigenvalue weighted by molar-refractivity contribution is -0.151. The number of nitrogens with zero attached hydrogens (tertiary/aromatic N) is 1. The number of carbonyl (C=O) groups is 2. The van der Waals surface area contributed by atoms with Gasteiger partial charge in [0, 0.05) is 19.7 Å². The van der Waals surface area contributed by atoms with Crippen LogP contribution < -0.4 is 5.32 Å². The number of rotatable bonds is 4. The molecule has 2 aliphatic rings. The largest absolute Gasteiger partial charge is 0.377 e. The van der Waals surface area contributed by atoms with E-state index in [0.29, 0.717) is 19.2 Å². The van der Waals surface area contributed by atoms with Crippen LogP contribution in [0.1, 0.15) is 12.8 Å². The highest BCUT2D eigenvalue weighted by Crippen LogP contribution is 2.19. The Kier molecular flexibility index (Phi) is 3.96. The average Bonchev–Trinajstić information content (AvgIpc) is 3.13. The predicted octanol–water partition coefficient (Wildman–Crippen LogP) is -0.861. The Morgan fingerprint density at radius 3 is 2.88 bits per heavy atom. The second-order valence-electron chi connectivity index (χ2n) is 4.39. The van der Waals surface area contributed by atoms with Gasteiger partial charge in [0.15, 0.2) is 0 Å². The molecule has 1 heterocycles. The predicted molar refractivity (Wildman–Crippen MR) is 59.4 cm³/mol. The molecule has 0 aromatic rings. The summed E-state index contributed by atoms with van der Waals surface area (Å²) in [6, 6.07) is -0.212. The van der Waals surface area contributed by atoms with Crippen LogP contribution in [0.15, 0.2) is 0 Å². The van der Waals surface area contributed by atoms with Crippen molar-refractivity contribution in [1.82, 2.24) is 10.2 Å². The SMILES string of the molecule is COCC(=O)N1CCOCC1C(=O)NC1CC1. The monoisotopic (exact) mass is 242 g/mol. The normalized spacial score (nSPS) is 24.5. The van der Waals surface area contributed by atoms with Crippen LogP contribution in [-0.2, 0) is 19.1 Å². The molecule has 1 unspecified atom stereocenters. The number of hydrogen-bond acceptors (Lipinski definition) is 4. The van der Waals surface area contributed by atoms with Gasteiger partial charge in [0.1, 0.15) is 12.6 Å². The summed E-state index contributed by atoms with van der Waals surface area (Å²) in [4.78, 5) is 25.3. The number of morpholine rings is 1. The molecule has 1 N–H and O–H groups in total. The Morgan fingerprint density at radius 1 is 1.47 bits per heavy atom. The Hall–Kier alpha value is -1.14. The van der Waals surface area contributed by atoms with Crippen LogP contribution in [0.25, 0.3) is 0 Å². The first-order chi connectivity index (χ1) is 8.22. The standard InChI is InChI=1S/C11H18N2O4/c1-16-7-10(14)13-4-5-17-6-9(13)11(15)12-8-2-3-8/h8-9H,2-7H2,1H3,(H,12,15). The molecule has 2 rings (SSSR count). The maximum atomic E-state index is 11.9. The van der Waals surface area contributed by atoms with E-state index >= 15 is 0 Å². The first-order valence-corrected chi connectivity index (χ1v) is 5.89. The fourth-order valence-electron chi connectivity index (χ4n) is 1.85. The van der Waals surface area contributed by atoms with Crippen molar-refractivity contribution in [2.75, 3.05) is 33.5 Å². The van der Waals surface area contributed by atoms with Gasteiger partial charge in [-0.25, -0.2) is 0 Å². The van der Waals surface area contributed by atoms with E-state index in [9.17, 15) is 9.59 Å². The van der Waals surface area contributed by atoms with Gasteiger partial charge in [0.25, 0.3) is 0 Å². The van der Waals surface area contributed by atoms with Gasteiger partial charge in [-0.3, -0.25) is 9.59 Å². The fraction of sp³-hybridized carbons (Fsp3) is 0.818. The van der Waals surface area contributed by atoms with Gasteiger partial charge in [-0.05, 0) is 12.8 Å². The third-order valence-corrected chi connectivity index (χ3v) is 2.94. The number of carbonyl (C=O) groups excluding carboxylic acids is 2. The Morgan fingerprint density at radius 2 is 2.24 bits per heavy atom. The Labute approximate surface area is 100 Å². The molecule has 17 heavy (non-hydrogen) atoms. The molecule has 96 valence electrons. The van der Waals surface area contributed by atoms with Crippen molar-refractivity contribution in [3.63, 3.8) is 0 Å². The smallest absolute Gasteiger partial charge is 0.249 e. The van der Waals surface area contributed by atoms with Crippen molar-refractivity contribution in [1.29, 1.82) is 0 Å². The minimum atomic E-state index is -0.507. The van der Waals surface area contributed by atoms with E-state index in [4.69, 9.17) is 9.47 Å². The molecular weight excluding hydrogens is 224 g/mol. The van der Waals surface area contributed by atoms with E-state index in [2.05, 4.69) is 5.32 Å². The van der Waals surface area contributed by atoms with Crippen LogP contribution in [-0.4, -0.2) is 62.3 Å². The van der Waals surface area contributed by atoms with Crippen LogP contribution in [0.3, 0.4) is 0 Å². The molecule has 1 aliphatic carbocycles. The molecular formula is C11H18N2O4. The van der Waals surface area contributed by atoms with Crippen LogP contribution in [0.5, 0.6) is 0 Å². The zero-order valence-corrected chi connectivity index (χ0v) is 9.98. The summed E-state index contributed by atoms with van der Waals surface area (Å²) in [5, 5.41) is 2.90.